The second-order valence-electron chi connectivity index (χ2n) is 4.89. The van der Waals surface area contributed by atoms with Gasteiger partial charge in [0, 0.05) is 24.0 Å². The van der Waals surface area contributed by atoms with Gasteiger partial charge in [-0.2, -0.15) is 0 Å². The molecule has 23 heavy (non-hydrogen) atoms. The van der Waals surface area contributed by atoms with E-state index in [-0.39, 0.29) is 11.3 Å². The lowest BCUT2D eigenvalue weighted by atomic mass is 10.1. The van der Waals surface area contributed by atoms with Crippen LogP contribution < -0.4 is 0 Å². The molecule has 0 aliphatic rings. The van der Waals surface area contributed by atoms with Gasteiger partial charge in [-0.3, -0.25) is 10.1 Å². The molecule has 1 N–H and O–H groups in total. The van der Waals surface area contributed by atoms with E-state index in [1.807, 2.05) is 30.3 Å². The molecule has 0 aliphatic heterocycles. The molecule has 1 heterocycles. The standard InChI is InChI=1S/C17H12N2O4/c20-17(21)15-10-11-18(16(15)12-4-2-1-3-5-12)13-6-8-14(9-7-13)19(22)23/h1-11H,(H,20,21). The number of benzene rings is 2. The second kappa shape index (κ2) is 5.76. The number of hydrogen-bond donors (Lipinski definition) is 1. The van der Waals surface area contributed by atoms with Crippen LogP contribution in [0.4, 0.5) is 5.69 Å². The smallest absolute Gasteiger partial charge is 0.337 e. The first-order valence-corrected chi connectivity index (χ1v) is 6.83. The molecule has 0 aliphatic carbocycles. The molecule has 114 valence electrons. The Balaban J connectivity index is 2.16. The Morgan fingerprint density at radius 2 is 1.65 bits per heavy atom. The predicted molar refractivity (Wildman–Crippen MR) is 84.8 cm³/mol. The lowest BCUT2D eigenvalue weighted by Gasteiger charge is -2.10. The SMILES string of the molecule is O=C(O)c1ccn(-c2ccc([N+](=O)[O-])cc2)c1-c1ccccc1. The molecule has 0 bridgehead atoms. The number of carboxylic acid groups (broad SMARTS) is 1. The van der Waals surface area contributed by atoms with Gasteiger partial charge in [-0.05, 0) is 23.8 Å². The van der Waals surface area contributed by atoms with Gasteiger partial charge in [-0.25, -0.2) is 4.79 Å². The van der Waals surface area contributed by atoms with Crippen LogP contribution >= 0.6 is 0 Å². The Kier molecular flexibility index (Phi) is 3.64. The topological polar surface area (TPSA) is 85.4 Å². The number of carbonyl (C=O) groups is 1. The molecule has 0 radical (unpaired) electrons. The summed E-state index contributed by atoms with van der Waals surface area (Å²) in [7, 11) is 0. The van der Waals surface area contributed by atoms with Gasteiger partial charge in [-0.1, -0.05) is 30.3 Å². The van der Waals surface area contributed by atoms with Gasteiger partial charge in [0.05, 0.1) is 16.2 Å². The number of nitro groups is 1. The van der Waals surface area contributed by atoms with Crippen LogP contribution in [0.2, 0.25) is 0 Å². The molecule has 0 saturated heterocycles. The minimum Gasteiger partial charge on any atom is -0.478 e. The molecule has 3 aromatic rings. The Morgan fingerprint density at radius 1 is 1.00 bits per heavy atom. The minimum atomic E-state index is -1.02. The maximum absolute atomic E-state index is 11.5. The average molecular weight is 308 g/mol. The summed E-state index contributed by atoms with van der Waals surface area (Å²) in [6.07, 6.45) is 1.65. The Bertz CT molecular complexity index is 867. The third-order valence-electron chi connectivity index (χ3n) is 3.50. The van der Waals surface area contributed by atoms with Crippen molar-refractivity contribution >= 4 is 11.7 Å². The van der Waals surface area contributed by atoms with E-state index in [9.17, 15) is 20.0 Å². The predicted octanol–water partition coefficient (Wildman–Crippen LogP) is 3.75. The zero-order valence-corrected chi connectivity index (χ0v) is 11.9. The summed E-state index contributed by atoms with van der Waals surface area (Å²) in [5.41, 5.74) is 2.11. The fraction of sp³-hybridized carbons (Fsp3) is 0. The van der Waals surface area contributed by atoms with Crippen molar-refractivity contribution in [2.24, 2.45) is 0 Å². The first-order chi connectivity index (χ1) is 11.1. The highest BCUT2D eigenvalue weighted by Crippen LogP contribution is 2.29. The summed E-state index contributed by atoms with van der Waals surface area (Å²) < 4.78 is 1.71. The van der Waals surface area contributed by atoms with Crippen molar-refractivity contribution in [3.05, 3.63) is 82.5 Å². The molecular formula is C17H12N2O4. The highest BCUT2D eigenvalue weighted by atomic mass is 16.6. The van der Waals surface area contributed by atoms with Gasteiger partial charge in [0.2, 0.25) is 0 Å². The Morgan fingerprint density at radius 3 is 2.22 bits per heavy atom. The number of hydrogen-bond acceptors (Lipinski definition) is 3. The van der Waals surface area contributed by atoms with Crippen LogP contribution in [-0.2, 0) is 0 Å². The Hall–Kier alpha value is -3.41. The van der Waals surface area contributed by atoms with E-state index in [1.54, 1.807) is 22.9 Å². The first kappa shape index (κ1) is 14.5. The molecular weight excluding hydrogens is 296 g/mol. The fourth-order valence-corrected chi connectivity index (χ4v) is 2.45. The molecule has 3 rings (SSSR count). The monoisotopic (exact) mass is 308 g/mol. The molecule has 6 nitrogen and oxygen atoms in total. The van der Waals surface area contributed by atoms with Crippen LogP contribution in [0.1, 0.15) is 10.4 Å². The molecule has 1 aromatic heterocycles. The summed E-state index contributed by atoms with van der Waals surface area (Å²) >= 11 is 0. The highest BCUT2D eigenvalue weighted by molar-refractivity contribution is 5.95. The quantitative estimate of drug-likeness (QED) is 0.587. The van der Waals surface area contributed by atoms with Crippen molar-refractivity contribution < 1.29 is 14.8 Å². The van der Waals surface area contributed by atoms with Crippen molar-refractivity contribution in [2.45, 2.75) is 0 Å². The van der Waals surface area contributed by atoms with E-state index in [2.05, 4.69) is 0 Å². The van der Waals surface area contributed by atoms with Gasteiger partial charge >= 0.3 is 5.97 Å². The van der Waals surface area contributed by atoms with Crippen LogP contribution in [0.25, 0.3) is 16.9 Å². The summed E-state index contributed by atoms with van der Waals surface area (Å²) in [6, 6.07) is 16.6. The minimum absolute atomic E-state index is 0.0133. The summed E-state index contributed by atoms with van der Waals surface area (Å²) in [5, 5.41) is 20.2. The van der Waals surface area contributed by atoms with E-state index in [0.717, 1.165) is 5.56 Å². The third kappa shape index (κ3) is 2.69. The number of non-ortho nitro benzene ring substituents is 1. The second-order valence-corrected chi connectivity index (χ2v) is 4.89. The normalized spacial score (nSPS) is 10.4. The zero-order valence-electron chi connectivity index (χ0n) is 11.9. The van der Waals surface area contributed by atoms with Crippen LogP contribution in [-0.4, -0.2) is 20.6 Å². The van der Waals surface area contributed by atoms with Crippen LogP contribution in [0.5, 0.6) is 0 Å². The van der Waals surface area contributed by atoms with E-state index >= 15 is 0 Å². The lowest BCUT2D eigenvalue weighted by Crippen LogP contribution is -2.01. The molecule has 0 saturated carbocycles. The molecule has 0 amide bonds. The lowest BCUT2D eigenvalue weighted by molar-refractivity contribution is -0.384. The van der Waals surface area contributed by atoms with E-state index in [1.165, 1.54) is 18.2 Å². The number of aromatic carboxylic acids is 1. The van der Waals surface area contributed by atoms with Gasteiger partial charge < -0.3 is 9.67 Å². The van der Waals surface area contributed by atoms with Gasteiger partial charge in [0.1, 0.15) is 0 Å². The van der Waals surface area contributed by atoms with Crippen LogP contribution in [0.15, 0.2) is 66.9 Å². The number of carboxylic acids is 1. The summed E-state index contributed by atoms with van der Waals surface area (Å²) in [6.45, 7) is 0. The maximum Gasteiger partial charge on any atom is 0.337 e. The van der Waals surface area contributed by atoms with Crippen molar-refractivity contribution in [1.29, 1.82) is 0 Å². The average Bonchev–Trinajstić information content (AvgIpc) is 3.01. The van der Waals surface area contributed by atoms with E-state index in [0.29, 0.717) is 11.4 Å². The summed E-state index contributed by atoms with van der Waals surface area (Å²) in [5.74, 6) is -1.02. The van der Waals surface area contributed by atoms with Crippen molar-refractivity contribution in [1.82, 2.24) is 4.57 Å². The molecule has 0 atom stereocenters. The maximum atomic E-state index is 11.5. The van der Waals surface area contributed by atoms with Crippen LogP contribution in [0, 0.1) is 10.1 Å². The number of aromatic nitrogens is 1. The number of nitrogens with zero attached hydrogens (tertiary/aromatic N) is 2. The van der Waals surface area contributed by atoms with Crippen molar-refractivity contribution in [3.8, 4) is 16.9 Å². The Labute approximate surface area is 131 Å². The number of rotatable bonds is 4. The largest absolute Gasteiger partial charge is 0.478 e. The van der Waals surface area contributed by atoms with Gasteiger partial charge in [-0.15, -0.1) is 0 Å². The molecule has 0 unspecified atom stereocenters. The van der Waals surface area contributed by atoms with Crippen molar-refractivity contribution in [2.75, 3.05) is 0 Å². The van der Waals surface area contributed by atoms with Crippen molar-refractivity contribution in [3.63, 3.8) is 0 Å². The molecule has 2 aromatic carbocycles. The number of nitro benzene ring substituents is 1. The third-order valence-corrected chi connectivity index (χ3v) is 3.50. The summed E-state index contributed by atoms with van der Waals surface area (Å²) in [4.78, 5) is 21.8. The molecule has 6 heteroatoms. The van der Waals surface area contributed by atoms with Crippen LogP contribution in [0.3, 0.4) is 0 Å². The first-order valence-electron chi connectivity index (χ1n) is 6.83. The highest BCUT2D eigenvalue weighted by Gasteiger charge is 2.18. The zero-order chi connectivity index (χ0) is 16.4. The fourth-order valence-electron chi connectivity index (χ4n) is 2.45. The van der Waals surface area contributed by atoms with E-state index < -0.39 is 10.9 Å². The molecule has 0 fully saturated rings. The molecule has 0 spiro atoms. The van der Waals surface area contributed by atoms with E-state index in [4.69, 9.17) is 0 Å². The van der Waals surface area contributed by atoms with Gasteiger partial charge in [0.15, 0.2) is 0 Å². The van der Waals surface area contributed by atoms with Gasteiger partial charge in [0.25, 0.3) is 5.69 Å².